The number of halogens is 3. The SMILES string of the molecule is FC(F)(F)c1cccc2c(-c3ccccc3)c(-c3ccccc3)c(-c3ccccc3)nc12. The molecule has 0 radical (unpaired) electrons. The van der Waals surface area contributed by atoms with Gasteiger partial charge >= 0.3 is 6.18 Å². The molecule has 0 saturated heterocycles. The van der Waals surface area contributed by atoms with Crippen molar-refractivity contribution in [2.45, 2.75) is 6.18 Å². The molecule has 156 valence electrons. The zero-order valence-electron chi connectivity index (χ0n) is 17.0. The lowest BCUT2D eigenvalue weighted by Crippen LogP contribution is -2.08. The standard InChI is InChI=1S/C28H18F3N/c29-28(30,31)23-18-10-17-22-24(19-11-4-1-5-12-19)25(20-13-6-2-7-14-20)26(32-27(22)23)21-15-8-3-9-16-21/h1-18H. The van der Waals surface area contributed by atoms with Crippen LogP contribution in [0.15, 0.2) is 109 Å². The maximum absolute atomic E-state index is 14.0. The van der Waals surface area contributed by atoms with Crippen molar-refractivity contribution in [1.29, 1.82) is 0 Å². The molecule has 1 nitrogen and oxygen atoms in total. The number of fused-ring (bicyclic) bond motifs is 1. The fourth-order valence-corrected chi connectivity index (χ4v) is 4.11. The molecular weight excluding hydrogens is 407 g/mol. The molecule has 0 atom stereocenters. The topological polar surface area (TPSA) is 12.9 Å². The summed E-state index contributed by atoms with van der Waals surface area (Å²) in [5, 5.41) is 0.476. The first-order chi connectivity index (χ1) is 15.5. The highest BCUT2D eigenvalue weighted by molar-refractivity contribution is 6.07. The normalized spacial score (nSPS) is 11.6. The van der Waals surface area contributed by atoms with E-state index < -0.39 is 11.7 Å². The summed E-state index contributed by atoms with van der Waals surface area (Å²) >= 11 is 0. The molecule has 5 aromatic rings. The molecular formula is C28H18F3N. The monoisotopic (exact) mass is 425 g/mol. The van der Waals surface area contributed by atoms with Gasteiger partial charge in [-0.15, -0.1) is 0 Å². The molecule has 4 aromatic carbocycles. The molecule has 32 heavy (non-hydrogen) atoms. The van der Waals surface area contributed by atoms with Crippen molar-refractivity contribution in [1.82, 2.24) is 4.98 Å². The van der Waals surface area contributed by atoms with Crippen molar-refractivity contribution in [3.05, 3.63) is 115 Å². The van der Waals surface area contributed by atoms with Crippen LogP contribution in [-0.2, 0) is 6.18 Å². The number of pyridine rings is 1. The van der Waals surface area contributed by atoms with Gasteiger partial charge in [0.05, 0.1) is 16.8 Å². The molecule has 0 N–H and O–H groups in total. The number of alkyl halides is 3. The molecule has 1 aromatic heterocycles. The fraction of sp³-hybridized carbons (Fsp3) is 0.0357. The molecule has 0 saturated carbocycles. The van der Waals surface area contributed by atoms with Crippen LogP contribution in [0.5, 0.6) is 0 Å². The molecule has 0 fully saturated rings. The number of para-hydroxylation sites is 1. The summed E-state index contributed by atoms with van der Waals surface area (Å²) in [5.74, 6) is 0. The van der Waals surface area contributed by atoms with E-state index in [-0.39, 0.29) is 5.52 Å². The number of aromatic nitrogens is 1. The second kappa shape index (κ2) is 7.97. The van der Waals surface area contributed by atoms with Crippen LogP contribution in [0, 0.1) is 0 Å². The minimum atomic E-state index is -4.51. The Kier molecular flexibility index (Phi) is 4.98. The van der Waals surface area contributed by atoms with Crippen molar-refractivity contribution in [2.24, 2.45) is 0 Å². The molecule has 0 aliphatic rings. The summed E-state index contributed by atoms with van der Waals surface area (Å²) in [5.41, 5.74) is 3.82. The summed E-state index contributed by atoms with van der Waals surface area (Å²) in [7, 11) is 0. The minimum Gasteiger partial charge on any atom is -0.246 e. The number of hydrogen-bond donors (Lipinski definition) is 0. The number of benzene rings is 4. The third-order valence-electron chi connectivity index (χ3n) is 5.49. The van der Waals surface area contributed by atoms with Crippen molar-refractivity contribution in [3.63, 3.8) is 0 Å². The van der Waals surface area contributed by atoms with E-state index in [1.807, 2.05) is 91.0 Å². The average Bonchev–Trinajstić information content (AvgIpc) is 2.83. The van der Waals surface area contributed by atoms with E-state index in [1.165, 1.54) is 6.07 Å². The molecule has 0 spiro atoms. The van der Waals surface area contributed by atoms with Gasteiger partial charge in [0.25, 0.3) is 0 Å². The lowest BCUT2D eigenvalue weighted by molar-refractivity contribution is -0.136. The predicted octanol–water partition coefficient (Wildman–Crippen LogP) is 8.25. The lowest BCUT2D eigenvalue weighted by Gasteiger charge is -2.20. The molecule has 0 aliphatic heterocycles. The highest BCUT2D eigenvalue weighted by Gasteiger charge is 2.34. The quantitative estimate of drug-likeness (QED) is 0.284. The van der Waals surface area contributed by atoms with Crippen LogP contribution in [0.2, 0.25) is 0 Å². The molecule has 1 heterocycles. The van der Waals surface area contributed by atoms with Gasteiger partial charge in [-0.3, -0.25) is 0 Å². The van der Waals surface area contributed by atoms with Crippen LogP contribution in [0.1, 0.15) is 5.56 Å². The first-order valence-electron chi connectivity index (χ1n) is 10.2. The van der Waals surface area contributed by atoms with Crippen LogP contribution in [0.25, 0.3) is 44.4 Å². The highest BCUT2D eigenvalue weighted by Crippen LogP contribution is 2.45. The Morgan fingerprint density at radius 2 is 1.00 bits per heavy atom. The smallest absolute Gasteiger partial charge is 0.246 e. The summed E-state index contributed by atoms with van der Waals surface area (Å²) in [6.07, 6.45) is -4.51. The second-order valence-corrected chi connectivity index (χ2v) is 7.51. The van der Waals surface area contributed by atoms with E-state index in [4.69, 9.17) is 0 Å². The third-order valence-corrected chi connectivity index (χ3v) is 5.49. The van der Waals surface area contributed by atoms with Crippen molar-refractivity contribution >= 4 is 10.9 Å². The van der Waals surface area contributed by atoms with Crippen LogP contribution in [0.3, 0.4) is 0 Å². The largest absolute Gasteiger partial charge is 0.418 e. The Bertz CT molecular complexity index is 1380. The Balaban J connectivity index is 2.01. The van der Waals surface area contributed by atoms with Crippen molar-refractivity contribution < 1.29 is 13.2 Å². The van der Waals surface area contributed by atoms with Gasteiger partial charge in [-0.25, -0.2) is 4.98 Å². The minimum absolute atomic E-state index is 0.0441. The zero-order valence-corrected chi connectivity index (χ0v) is 17.0. The Hall–Kier alpha value is -3.92. The summed E-state index contributed by atoms with van der Waals surface area (Å²) in [4.78, 5) is 4.65. The molecule has 5 rings (SSSR count). The van der Waals surface area contributed by atoms with E-state index in [1.54, 1.807) is 6.07 Å². The van der Waals surface area contributed by atoms with Gasteiger partial charge < -0.3 is 0 Å². The summed E-state index contributed by atoms with van der Waals surface area (Å²) in [6.45, 7) is 0. The summed E-state index contributed by atoms with van der Waals surface area (Å²) in [6, 6.07) is 32.9. The van der Waals surface area contributed by atoms with Crippen LogP contribution >= 0.6 is 0 Å². The van der Waals surface area contributed by atoms with Gasteiger partial charge in [0.15, 0.2) is 0 Å². The van der Waals surface area contributed by atoms with E-state index >= 15 is 0 Å². The van der Waals surface area contributed by atoms with Crippen LogP contribution in [0.4, 0.5) is 13.2 Å². The maximum Gasteiger partial charge on any atom is 0.418 e. The second-order valence-electron chi connectivity index (χ2n) is 7.51. The van der Waals surface area contributed by atoms with Crippen LogP contribution < -0.4 is 0 Å². The van der Waals surface area contributed by atoms with E-state index in [0.29, 0.717) is 11.1 Å². The zero-order chi connectivity index (χ0) is 22.1. The number of nitrogens with zero attached hydrogens (tertiary/aromatic N) is 1. The fourth-order valence-electron chi connectivity index (χ4n) is 4.11. The van der Waals surface area contributed by atoms with Gasteiger partial charge in [-0.2, -0.15) is 13.2 Å². The first-order valence-corrected chi connectivity index (χ1v) is 10.2. The molecule has 0 unspecified atom stereocenters. The van der Waals surface area contributed by atoms with Gasteiger partial charge in [-0.05, 0) is 17.2 Å². The molecule has 0 bridgehead atoms. The Morgan fingerprint density at radius 1 is 0.500 bits per heavy atom. The van der Waals surface area contributed by atoms with Gasteiger partial charge in [0.1, 0.15) is 0 Å². The first kappa shape index (κ1) is 20.0. The van der Waals surface area contributed by atoms with Gasteiger partial charge in [-0.1, -0.05) is 103 Å². The highest BCUT2D eigenvalue weighted by atomic mass is 19.4. The van der Waals surface area contributed by atoms with E-state index in [9.17, 15) is 13.2 Å². The van der Waals surface area contributed by atoms with E-state index in [2.05, 4.69) is 4.98 Å². The maximum atomic E-state index is 14.0. The van der Waals surface area contributed by atoms with E-state index in [0.717, 1.165) is 33.9 Å². The third kappa shape index (κ3) is 3.54. The molecule has 0 aliphatic carbocycles. The molecule has 4 heteroatoms. The lowest BCUT2D eigenvalue weighted by atomic mass is 9.87. The van der Waals surface area contributed by atoms with Gasteiger partial charge in [0.2, 0.25) is 0 Å². The number of hydrogen-bond acceptors (Lipinski definition) is 1. The Labute approximate surface area is 183 Å². The van der Waals surface area contributed by atoms with Crippen molar-refractivity contribution in [3.8, 4) is 33.5 Å². The number of rotatable bonds is 3. The van der Waals surface area contributed by atoms with Crippen molar-refractivity contribution in [2.75, 3.05) is 0 Å². The van der Waals surface area contributed by atoms with Gasteiger partial charge in [0, 0.05) is 22.1 Å². The predicted molar refractivity (Wildman–Crippen MR) is 123 cm³/mol. The average molecular weight is 425 g/mol. The summed E-state index contributed by atoms with van der Waals surface area (Å²) < 4.78 is 41.9. The van der Waals surface area contributed by atoms with Crippen LogP contribution in [-0.4, -0.2) is 4.98 Å². The molecule has 0 amide bonds. The Morgan fingerprint density at radius 3 is 1.53 bits per heavy atom.